The second kappa shape index (κ2) is 8.67. The van der Waals surface area contributed by atoms with Crippen LogP contribution in [0, 0.1) is 0 Å². The number of hydrogen-bond acceptors (Lipinski definition) is 4. The Bertz CT molecular complexity index is 1420. The molecule has 1 aliphatic carbocycles. The molecule has 0 N–H and O–H groups in total. The van der Waals surface area contributed by atoms with Crippen molar-refractivity contribution >= 4 is 39.5 Å². The summed E-state index contributed by atoms with van der Waals surface area (Å²) in [7, 11) is 1.33. The highest BCUT2D eigenvalue weighted by Crippen LogP contribution is 2.36. The van der Waals surface area contributed by atoms with Crippen LogP contribution in [0.4, 0.5) is 4.39 Å². The summed E-state index contributed by atoms with van der Waals surface area (Å²) in [5, 5.41) is 1.15. The number of alkyl halides is 1. The molecule has 3 aromatic heterocycles. The molecule has 0 atom stereocenters. The second-order valence-corrected chi connectivity index (χ2v) is 8.79. The molecule has 4 aromatic rings. The predicted octanol–water partition coefficient (Wildman–Crippen LogP) is 4.73. The summed E-state index contributed by atoms with van der Waals surface area (Å²) >= 11 is 6.26. The van der Waals surface area contributed by atoms with E-state index in [1.54, 1.807) is 29.1 Å². The van der Waals surface area contributed by atoms with Crippen molar-refractivity contribution in [1.82, 2.24) is 18.7 Å². The summed E-state index contributed by atoms with van der Waals surface area (Å²) in [6.07, 6.45) is 6.30. The van der Waals surface area contributed by atoms with Gasteiger partial charge in [0.1, 0.15) is 0 Å². The number of carbonyl (C=O) groups is 1. The van der Waals surface area contributed by atoms with E-state index in [1.807, 2.05) is 21.3 Å². The maximum atomic E-state index is 13.5. The lowest BCUT2D eigenvalue weighted by Gasteiger charge is -2.12. The lowest BCUT2D eigenvalue weighted by Crippen LogP contribution is -2.26. The Hall–Kier alpha value is -3.13. The zero-order valence-corrected chi connectivity index (χ0v) is 19.0. The molecule has 0 bridgehead atoms. The van der Waals surface area contributed by atoms with Crippen molar-refractivity contribution in [2.24, 2.45) is 0 Å². The van der Waals surface area contributed by atoms with Crippen LogP contribution in [0.5, 0.6) is 0 Å². The molecule has 1 fully saturated rings. The summed E-state index contributed by atoms with van der Waals surface area (Å²) in [6, 6.07) is 7.38. The zero-order valence-electron chi connectivity index (χ0n) is 18.3. The Morgan fingerprint density at radius 1 is 1.18 bits per heavy atom. The normalized spacial score (nSPS) is 13.8. The van der Waals surface area contributed by atoms with E-state index < -0.39 is 12.6 Å². The number of fused-ring (bicyclic) bond motifs is 2. The van der Waals surface area contributed by atoms with Crippen LogP contribution in [0.15, 0.2) is 41.5 Å². The van der Waals surface area contributed by atoms with Gasteiger partial charge in [0.2, 0.25) is 0 Å². The van der Waals surface area contributed by atoms with E-state index >= 15 is 0 Å². The number of imidazole rings is 1. The van der Waals surface area contributed by atoms with Crippen molar-refractivity contribution in [3.05, 3.63) is 63.4 Å². The number of aryl methyl sites for hydroxylation is 1. The number of rotatable bonds is 8. The van der Waals surface area contributed by atoms with Gasteiger partial charge in [-0.15, -0.1) is 0 Å². The summed E-state index contributed by atoms with van der Waals surface area (Å²) in [6.45, 7) is 0.250. The van der Waals surface area contributed by atoms with Gasteiger partial charge in [0.15, 0.2) is 0 Å². The van der Waals surface area contributed by atoms with Crippen molar-refractivity contribution in [3.8, 4) is 0 Å². The molecule has 33 heavy (non-hydrogen) atoms. The SMILES string of the molecule is COC(=O)c1c(Cn2c(=O)n(C3CC3)c3ccncc32)n(CCCCF)c2ccc(Cl)cc12. The van der Waals surface area contributed by atoms with Gasteiger partial charge < -0.3 is 9.30 Å². The Morgan fingerprint density at radius 2 is 2.00 bits per heavy atom. The molecule has 0 radical (unpaired) electrons. The van der Waals surface area contributed by atoms with E-state index in [9.17, 15) is 14.0 Å². The number of benzene rings is 1. The van der Waals surface area contributed by atoms with Crippen LogP contribution in [-0.2, 0) is 17.8 Å². The summed E-state index contributed by atoms with van der Waals surface area (Å²) in [5.41, 5.74) is 3.22. The Balaban J connectivity index is 1.74. The lowest BCUT2D eigenvalue weighted by molar-refractivity contribution is 0.0601. The van der Waals surface area contributed by atoms with Crippen molar-refractivity contribution in [3.63, 3.8) is 0 Å². The lowest BCUT2D eigenvalue weighted by atomic mass is 10.1. The van der Waals surface area contributed by atoms with Gasteiger partial charge in [0.05, 0.1) is 48.8 Å². The molecule has 1 saturated carbocycles. The summed E-state index contributed by atoms with van der Waals surface area (Å²) < 4.78 is 23.4. The highest BCUT2D eigenvalue weighted by Gasteiger charge is 2.30. The first-order valence-electron chi connectivity index (χ1n) is 11.0. The minimum absolute atomic E-state index is 0.130. The van der Waals surface area contributed by atoms with Crippen LogP contribution >= 0.6 is 11.6 Å². The van der Waals surface area contributed by atoms with Crippen LogP contribution < -0.4 is 5.69 Å². The molecule has 7 nitrogen and oxygen atoms in total. The summed E-state index contributed by atoms with van der Waals surface area (Å²) in [4.78, 5) is 30.6. The third-order valence-electron chi connectivity index (χ3n) is 6.27. The van der Waals surface area contributed by atoms with E-state index in [1.165, 1.54) is 7.11 Å². The smallest absolute Gasteiger partial charge is 0.340 e. The summed E-state index contributed by atoms with van der Waals surface area (Å²) in [5.74, 6) is -0.501. The van der Waals surface area contributed by atoms with Gasteiger partial charge in [-0.2, -0.15) is 0 Å². The number of esters is 1. The molecular formula is C24H24ClFN4O3. The molecule has 0 amide bonds. The van der Waals surface area contributed by atoms with Crippen LogP contribution in [0.1, 0.15) is 47.8 Å². The Labute approximate surface area is 194 Å². The fourth-order valence-corrected chi connectivity index (χ4v) is 4.78. The number of unbranched alkanes of at least 4 members (excludes halogenated alkanes) is 1. The van der Waals surface area contributed by atoms with Crippen molar-refractivity contribution in [2.75, 3.05) is 13.8 Å². The number of hydrogen-bond donors (Lipinski definition) is 0. The number of ether oxygens (including phenoxy) is 1. The number of pyridine rings is 1. The molecule has 9 heteroatoms. The van der Waals surface area contributed by atoms with Gasteiger partial charge in [-0.1, -0.05) is 11.6 Å². The minimum atomic E-state index is -0.501. The average molecular weight is 471 g/mol. The van der Waals surface area contributed by atoms with Gasteiger partial charge >= 0.3 is 11.7 Å². The molecule has 1 aromatic carbocycles. The monoisotopic (exact) mass is 470 g/mol. The van der Waals surface area contributed by atoms with Gasteiger partial charge in [-0.3, -0.25) is 18.5 Å². The third-order valence-corrected chi connectivity index (χ3v) is 6.51. The molecule has 3 heterocycles. The maximum absolute atomic E-state index is 13.5. The van der Waals surface area contributed by atoms with E-state index in [2.05, 4.69) is 4.98 Å². The number of aromatic nitrogens is 4. The number of halogens is 2. The van der Waals surface area contributed by atoms with Crippen LogP contribution in [-0.4, -0.2) is 38.4 Å². The molecule has 0 unspecified atom stereocenters. The second-order valence-electron chi connectivity index (χ2n) is 8.36. The largest absolute Gasteiger partial charge is 0.465 e. The van der Waals surface area contributed by atoms with Crippen molar-refractivity contribution < 1.29 is 13.9 Å². The molecule has 0 aliphatic heterocycles. The van der Waals surface area contributed by atoms with E-state index in [4.69, 9.17) is 16.3 Å². The van der Waals surface area contributed by atoms with E-state index in [-0.39, 0.29) is 18.3 Å². The fourth-order valence-electron chi connectivity index (χ4n) is 4.61. The standard InChI is InChI=1S/C24H24ClFN4O3/c1-33-23(31)22-17-12-15(25)4-7-18(17)28(11-3-2-9-26)21(22)14-29-20-13-27-10-8-19(20)30(24(29)32)16-5-6-16/h4,7-8,10,12-13,16H,2-3,5-6,9,11,14H2,1H3. The first kappa shape index (κ1) is 21.7. The topological polar surface area (TPSA) is 71.1 Å². The van der Waals surface area contributed by atoms with Crippen LogP contribution in [0.25, 0.3) is 21.9 Å². The Morgan fingerprint density at radius 3 is 2.73 bits per heavy atom. The average Bonchev–Trinajstić information content (AvgIpc) is 3.55. The predicted molar refractivity (Wildman–Crippen MR) is 125 cm³/mol. The molecule has 1 aliphatic rings. The van der Waals surface area contributed by atoms with Crippen molar-refractivity contribution in [2.45, 2.75) is 44.8 Å². The number of methoxy groups -OCH3 is 1. The van der Waals surface area contributed by atoms with E-state index in [0.29, 0.717) is 46.6 Å². The Kier molecular flexibility index (Phi) is 5.70. The van der Waals surface area contributed by atoms with Gasteiger partial charge in [-0.05, 0) is 49.9 Å². The van der Waals surface area contributed by atoms with Gasteiger partial charge in [-0.25, -0.2) is 9.59 Å². The van der Waals surface area contributed by atoms with Crippen LogP contribution in [0.2, 0.25) is 5.02 Å². The highest BCUT2D eigenvalue weighted by atomic mass is 35.5. The van der Waals surface area contributed by atoms with Gasteiger partial charge in [0, 0.05) is 34.7 Å². The van der Waals surface area contributed by atoms with Gasteiger partial charge in [0.25, 0.3) is 0 Å². The molecule has 0 saturated heterocycles. The first-order valence-corrected chi connectivity index (χ1v) is 11.4. The molecule has 5 rings (SSSR count). The van der Waals surface area contributed by atoms with E-state index in [0.717, 1.165) is 23.9 Å². The number of carbonyl (C=O) groups excluding carboxylic acids is 1. The number of nitrogens with zero attached hydrogens (tertiary/aromatic N) is 4. The highest BCUT2D eigenvalue weighted by molar-refractivity contribution is 6.31. The first-order chi connectivity index (χ1) is 16.0. The molecule has 172 valence electrons. The maximum Gasteiger partial charge on any atom is 0.340 e. The minimum Gasteiger partial charge on any atom is -0.465 e. The van der Waals surface area contributed by atoms with Crippen LogP contribution in [0.3, 0.4) is 0 Å². The fraction of sp³-hybridized carbons (Fsp3) is 0.375. The zero-order chi connectivity index (χ0) is 23.1. The third kappa shape index (κ3) is 3.72. The molecular weight excluding hydrogens is 447 g/mol. The quantitative estimate of drug-likeness (QED) is 0.276. The van der Waals surface area contributed by atoms with Crippen molar-refractivity contribution in [1.29, 1.82) is 0 Å². The molecule has 0 spiro atoms.